The molecule has 1 saturated carbocycles. The van der Waals surface area contributed by atoms with E-state index in [4.69, 9.17) is 4.74 Å². The van der Waals surface area contributed by atoms with Crippen LogP contribution in [0.2, 0.25) is 0 Å². The van der Waals surface area contributed by atoms with Crippen LogP contribution in [-0.4, -0.2) is 19.7 Å². The minimum atomic E-state index is 0.562. The summed E-state index contributed by atoms with van der Waals surface area (Å²) >= 11 is 0. The summed E-state index contributed by atoms with van der Waals surface area (Å²) < 4.78 is 5.74. The second-order valence-electron chi connectivity index (χ2n) is 5.22. The zero-order valence-corrected chi connectivity index (χ0v) is 10.9. The number of nitrogens with one attached hydrogen (secondary N) is 1. The van der Waals surface area contributed by atoms with Crippen LogP contribution in [0, 0.1) is 5.92 Å². The molecule has 94 valence electrons. The minimum absolute atomic E-state index is 0.562. The Kier molecular flexibility index (Phi) is 4.43. The van der Waals surface area contributed by atoms with Gasteiger partial charge in [0.25, 0.3) is 0 Å². The van der Waals surface area contributed by atoms with Crippen molar-refractivity contribution >= 4 is 0 Å². The van der Waals surface area contributed by atoms with E-state index in [1.54, 1.807) is 0 Å². The molecule has 2 heteroatoms. The van der Waals surface area contributed by atoms with Crippen LogP contribution in [0.3, 0.4) is 0 Å². The normalized spacial score (nSPS) is 15.2. The molecule has 0 aromatic heterocycles. The second kappa shape index (κ2) is 6.06. The van der Waals surface area contributed by atoms with E-state index in [2.05, 4.69) is 37.4 Å². The topological polar surface area (TPSA) is 21.3 Å². The zero-order chi connectivity index (χ0) is 12.1. The molecule has 17 heavy (non-hydrogen) atoms. The van der Waals surface area contributed by atoms with Crippen molar-refractivity contribution in [2.75, 3.05) is 19.7 Å². The maximum absolute atomic E-state index is 5.74. The summed E-state index contributed by atoms with van der Waals surface area (Å²) in [5.41, 5.74) is 1.34. The van der Waals surface area contributed by atoms with E-state index < -0.39 is 0 Å². The Morgan fingerprint density at radius 1 is 1.35 bits per heavy atom. The zero-order valence-electron chi connectivity index (χ0n) is 10.9. The van der Waals surface area contributed by atoms with E-state index in [9.17, 15) is 0 Å². The standard InChI is InChI=1S/C15H23NO/c1-12(2)14-4-3-5-15(10-14)17-9-8-16-11-13-6-7-13/h3-5,10,12-13,16H,6-9,11H2,1-2H3. The van der Waals surface area contributed by atoms with Crippen LogP contribution < -0.4 is 10.1 Å². The van der Waals surface area contributed by atoms with E-state index in [-0.39, 0.29) is 0 Å². The molecular formula is C15H23NO. The van der Waals surface area contributed by atoms with Crippen molar-refractivity contribution in [2.45, 2.75) is 32.6 Å². The number of benzene rings is 1. The van der Waals surface area contributed by atoms with E-state index >= 15 is 0 Å². The number of hydrogen-bond acceptors (Lipinski definition) is 2. The van der Waals surface area contributed by atoms with Gasteiger partial charge in [-0.3, -0.25) is 0 Å². The molecule has 1 N–H and O–H groups in total. The molecule has 2 rings (SSSR count). The van der Waals surface area contributed by atoms with Crippen LogP contribution in [-0.2, 0) is 0 Å². The maximum Gasteiger partial charge on any atom is 0.119 e. The molecule has 0 atom stereocenters. The fraction of sp³-hybridized carbons (Fsp3) is 0.600. The lowest BCUT2D eigenvalue weighted by atomic mass is 10.0. The van der Waals surface area contributed by atoms with Crippen molar-refractivity contribution in [2.24, 2.45) is 5.92 Å². The van der Waals surface area contributed by atoms with Gasteiger partial charge >= 0.3 is 0 Å². The Hall–Kier alpha value is -1.02. The number of ether oxygens (including phenoxy) is 1. The minimum Gasteiger partial charge on any atom is -0.492 e. The molecule has 0 aliphatic heterocycles. The summed E-state index contributed by atoms with van der Waals surface area (Å²) in [5, 5.41) is 3.43. The van der Waals surface area contributed by atoms with Crippen molar-refractivity contribution in [3.63, 3.8) is 0 Å². The average Bonchev–Trinajstić information content (AvgIpc) is 3.13. The third kappa shape index (κ3) is 4.39. The highest BCUT2D eigenvalue weighted by Crippen LogP contribution is 2.27. The van der Waals surface area contributed by atoms with Crippen LogP contribution >= 0.6 is 0 Å². The Bertz CT molecular complexity index is 345. The van der Waals surface area contributed by atoms with E-state index in [1.165, 1.54) is 18.4 Å². The van der Waals surface area contributed by atoms with Gasteiger partial charge in [0, 0.05) is 6.54 Å². The highest BCUT2D eigenvalue weighted by atomic mass is 16.5. The summed E-state index contributed by atoms with van der Waals surface area (Å²) in [5.74, 6) is 2.50. The molecule has 0 saturated heterocycles. The van der Waals surface area contributed by atoms with Gasteiger partial charge in [0.15, 0.2) is 0 Å². The fourth-order valence-electron chi connectivity index (χ4n) is 1.83. The van der Waals surface area contributed by atoms with Gasteiger partial charge in [-0.15, -0.1) is 0 Å². The van der Waals surface area contributed by atoms with Gasteiger partial charge in [-0.25, -0.2) is 0 Å². The maximum atomic E-state index is 5.74. The molecule has 1 aliphatic rings. The van der Waals surface area contributed by atoms with Crippen LogP contribution in [0.25, 0.3) is 0 Å². The van der Waals surface area contributed by atoms with Crippen LogP contribution in [0.5, 0.6) is 5.75 Å². The van der Waals surface area contributed by atoms with Gasteiger partial charge in [0.2, 0.25) is 0 Å². The molecule has 0 heterocycles. The smallest absolute Gasteiger partial charge is 0.119 e. The lowest BCUT2D eigenvalue weighted by molar-refractivity contribution is 0.313. The van der Waals surface area contributed by atoms with Crippen molar-refractivity contribution in [3.8, 4) is 5.75 Å². The second-order valence-corrected chi connectivity index (χ2v) is 5.22. The highest BCUT2D eigenvalue weighted by molar-refractivity contribution is 5.30. The predicted molar refractivity (Wildman–Crippen MR) is 71.6 cm³/mol. The first kappa shape index (κ1) is 12.4. The summed E-state index contributed by atoms with van der Waals surface area (Å²) in [6.45, 7) is 7.28. The Morgan fingerprint density at radius 2 is 2.18 bits per heavy atom. The predicted octanol–water partition coefficient (Wildman–Crippen LogP) is 3.19. The summed E-state index contributed by atoms with van der Waals surface area (Å²) in [6, 6.07) is 8.41. The van der Waals surface area contributed by atoms with E-state index in [0.717, 1.165) is 31.4 Å². The lowest BCUT2D eigenvalue weighted by Crippen LogP contribution is -2.23. The summed E-state index contributed by atoms with van der Waals surface area (Å²) in [6.07, 6.45) is 2.81. The Balaban J connectivity index is 1.68. The van der Waals surface area contributed by atoms with Crippen molar-refractivity contribution in [1.82, 2.24) is 5.32 Å². The summed E-state index contributed by atoms with van der Waals surface area (Å²) in [4.78, 5) is 0. The molecule has 0 amide bonds. The van der Waals surface area contributed by atoms with Gasteiger partial charge in [-0.2, -0.15) is 0 Å². The van der Waals surface area contributed by atoms with Gasteiger partial charge in [-0.05, 0) is 48.9 Å². The van der Waals surface area contributed by atoms with Crippen LogP contribution in [0.15, 0.2) is 24.3 Å². The highest BCUT2D eigenvalue weighted by Gasteiger charge is 2.19. The first-order chi connectivity index (χ1) is 8.25. The largest absolute Gasteiger partial charge is 0.492 e. The third-order valence-corrected chi connectivity index (χ3v) is 3.20. The van der Waals surface area contributed by atoms with E-state index in [1.807, 2.05) is 6.07 Å². The molecular weight excluding hydrogens is 210 g/mol. The van der Waals surface area contributed by atoms with Gasteiger partial charge in [0.05, 0.1) is 0 Å². The fourth-order valence-corrected chi connectivity index (χ4v) is 1.83. The first-order valence-electron chi connectivity index (χ1n) is 6.69. The Morgan fingerprint density at radius 3 is 2.88 bits per heavy atom. The first-order valence-corrected chi connectivity index (χ1v) is 6.69. The van der Waals surface area contributed by atoms with Crippen molar-refractivity contribution < 1.29 is 4.74 Å². The van der Waals surface area contributed by atoms with E-state index in [0.29, 0.717) is 5.92 Å². The van der Waals surface area contributed by atoms with Gasteiger partial charge in [0.1, 0.15) is 12.4 Å². The van der Waals surface area contributed by atoms with Gasteiger partial charge in [-0.1, -0.05) is 26.0 Å². The van der Waals surface area contributed by atoms with Crippen LogP contribution in [0.1, 0.15) is 38.2 Å². The summed E-state index contributed by atoms with van der Waals surface area (Å²) in [7, 11) is 0. The monoisotopic (exact) mass is 233 g/mol. The molecule has 0 bridgehead atoms. The lowest BCUT2D eigenvalue weighted by Gasteiger charge is -2.10. The SMILES string of the molecule is CC(C)c1cccc(OCCNCC2CC2)c1. The Labute approximate surface area is 104 Å². The van der Waals surface area contributed by atoms with Crippen molar-refractivity contribution in [1.29, 1.82) is 0 Å². The molecule has 1 aliphatic carbocycles. The number of hydrogen-bond donors (Lipinski definition) is 1. The molecule has 1 aromatic rings. The molecule has 0 radical (unpaired) electrons. The molecule has 1 fully saturated rings. The molecule has 2 nitrogen and oxygen atoms in total. The molecule has 1 aromatic carbocycles. The van der Waals surface area contributed by atoms with Crippen molar-refractivity contribution in [3.05, 3.63) is 29.8 Å². The number of rotatable bonds is 7. The molecule has 0 spiro atoms. The van der Waals surface area contributed by atoms with Gasteiger partial charge < -0.3 is 10.1 Å². The quantitative estimate of drug-likeness (QED) is 0.730. The van der Waals surface area contributed by atoms with Crippen LogP contribution in [0.4, 0.5) is 0 Å². The average molecular weight is 233 g/mol. The third-order valence-electron chi connectivity index (χ3n) is 3.20. The molecule has 0 unspecified atom stereocenters.